The highest BCUT2D eigenvalue weighted by molar-refractivity contribution is 6.17. The number of piperidine rings is 1. The molecule has 1 aliphatic heterocycles. The quantitative estimate of drug-likeness (QED) is 0.737. The van der Waals surface area contributed by atoms with E-state index in [2.05, 4.69) is 17.0 Å². The van der Waals surface area contributed by atoms with Crippen molar-refractivity contribution in [2.24, 2.45) is 0 Å². The number of halogens is 1. The van der Waals surface area contributed by atoms with E-state index in [0.29, 0.717) is 6.04 Å². The van der Waals surface area contributed by atoms with E-state index in [1.807, 2.05) is 12.1 Å². The van der Waals surface area contributed by atoms with Crippen molar-refractivity contribution in [3.8, 4) is 5.75 Å². The molecule has 0 N–H and O–H groups in total. The first kappa shape index (κ1) is 14.7. The van der Waals surface area contributed by atoms with E-state index in [0.717, 1.165) is 31.0 Å². The minimum atomic E-state index is 0.699. The van der Waals surface area contributed by atoms with E-state index in [4.69, 9.17) is 16.3 Å². The second-order valence-corrected chi connectivity index (χ2v) is 5.64. The van der Waals surface area contributed by atoms with Crippen LogP contribution in [0.1, 0.15) is 31.2 Å². The lowest BCUT2D eigenvalue weighted by Gasteiger charge is -2.35. The Morgan fingerprint density at radius 3 is 2.74 bits per heavy atom. The molecular formula is C16H24ClNO. The van der Waals surface area contributed by atoms with Gasteiger partial charge < -0.3 is 9.64 Å². The molecule has 1 aliphatic rings. The van der Waals surface area contributed by atoms with Crippen LogP contribution in [0.2, 0.25) is 0 Å². The third-order valence-corrected chi connectivity index (χ3v) is 4.26. The van der Waals surface area contributed by atoms with E-state index in [9.17, 15) is 0 Å². The van der Waals surface area contributed by atoms with Crippen molar-refractivity contribution < 1.29 is 4.74 Å². The molecule has 1 aromatic carbocycles. The van der Waals surface area contributed by atoms with Crippen LogP contribution in [0, 0.1) is 0 Å². The van der Waals surface area contributed by atoms with Gasteiger partial charge in [-0.2, -0.15) is 0 Å². The summed E-state index contributed by atoms with van der Waals surface area (Å²) in [5.41, 5.74) is 1.39. The molecule has 2 rings (SSSR count). The summed E-state index contributed by atoms with van der Waals surface area (Å²) < 4.78 is 5.19. The average Bonchev–Trinajstić information content (AvgIpc) is 2.47. The zero-order chi connectivity index (χ0) is 13.5. The summed E-state index contributed by atoms with van der Waals surface area (Å²) in [6.45, 7) is 2.38. The lowest BCUT2D eigenvalue weighted by molar-refractivity contribution is 0.146. The van der Waals surface area contributed by atoms with Crippen molar-refractivity contribution in [1.82, 2.24) is 4.90 Å². The van der Waals surface area contributed by atoms with E-state index >= 15 is 0 Å². The summed E-state index contributed by atoms with van der Waals surface area (Å²) in [4.78, 5) is 2.62. The van der Waals surface area contributed by atoms with Crippen LogP contribution in [0.25, 0.3) is 0 Å². The number of ether oxygens (including phenoxy) is 1. The first-order valence-electron chi connectivity index (χ1n) is 7.26. The number of likely N-dealkylation sites (tertiary alicyclic amines) is 1. The van der Waals surface area contributed by atoms with E-state index in [1.165, 1.54) is 31.4 Å². The predicted molar refractivity (Wildman–Crippen MR) is 81.2 cm³/mol. The van der Waals surface area contributed by atoms with Crippen molar-refractivity contribution in [3.63, 3.8) is 0 Å². The molecule has 1 heterocycles. The van der Waals surface area contributed by atoms with Crippen LogP contribution in [0.3, 0.4) is 0 Å². The van der Waals surface area contributed by atoms with Crippen molar-refractivity contribution in [2.45, 2.75) is 38.1 Å². The van der Waals surface area contributed by atoms with Crippen molar-refractivity contribution >= 4 is 11.6 Å². The van der Waals surface area contributed by atoms with Gasteiger partial charge in [0.05, 0.1) is 7.11 Å². The first-order chi connectivity index (χ1) is 9.33. The summed E-state index contributed by atoms with van der Waals surface area (Å²) >= 11 is 5.91. The third kappa shape index (κ3) is 4.39. The Hall–Kier alpha value is -0.730. The first-order valence-corrected chi connectivity index (χ1v) is 7.80. The predicted octanol–water partition coefficient (Wildman–Crippen LogP) is 3.72. The van der Waals surface area contributed by atoms with Gasteiger partial charge in [-0.05, 0) is 49.9 Å². The number of methoxy groups -OCH3 is 1. The van der Waals surface area contributed by atoms with Gasteiger partial charge in [0.15, 0.2) is 0 Å². The summed E-state index contributed by atoms with van der Waals surface area (Å²) in [7, 11) is 1.71. The molecule has 3 heteroatoms. The number of nitrogens with zero attached hydrogens (tertiary/aromatic N) is 1. The third-order valence-electron chi connectivity index (χ3n) is 4.04. The highest BCUT2D eigenvalue weighted by Gasteiger charge is 2.21. The highest BCUT2D eigenvalue weighted by atomic mass is 35.5. The maximum Gasteiger partial charge on any atom is 0.118 e. The number of rotatable bonds is 6. The summed E-state index contributed by atoms with van der Waals surface area (Å²) in [5, 5.41) is 0. The lowest BCUT2D eigenvalue weighted by Crippen LogP contribution is -2.40. The van der Waals surface area contributed by atoms with Gasteiger partial charge in [0.25, 0.3) is 0 Å². The molecule has 2 nitrogen and oxygen atoms in total. The van der Waals surface area contributed by atoms with Crippen molar-refractivity contribution in [1.29, 1.82) is 0 Å². The minimum Gasteiger partial charge on any atom is -0.497 e. The molecule has 0 aliphatic carbocycles. The number of alkyl halides is 1. The molecule has 1 atom stereocenters. The van der Waals surface area contributed by atoms with Gasteiger partial charge in [-0.3, -0.25) is 0 Å². The Balaban J connectivity index is 1.85. The standard InChI is InChI=1S/C16H24ClNO/c1-19-16-7-5-14(6-8-16)10-13-18-12-3-2-4-15(18)9-11-17/h5-8,15H,2-4,9-13H2,1H3. The smallest absolute Gasteiger partial charge is 0.118 e. The molecule has 1 aromatic rings. The summed E-state index contributed by atoms with van der Waals surface area (Å²) in [5.74, 6) is 1.71. The minimum absolute atomic E-state index is 0.699. The molecule has 1 saturated heterocycles. The molecule has 1 unspecified atom stereocenters. The number of hydrogen-bond donors (Lipinski definition) is 0. The SMILES string of the molecule is COc1ccc(CCN2CCCCC2CCCl)cc1. The molecule has 106 valence electrons. The lowest BCUT2D eigenvalue weighted by atomic mass is 9.99. The molecule has 0 radical (unpaired) electrons. The second-order valence-electron chi connectivity index (χ2n) is 5.26. The Bertz CT molecular complexity index is 364. The van der Waals surface area contributed by atoms with Gasteiger partial charge >= 0.3 is 0 Å². The van der Waals surface area contributed by atoms with Crippen LogP contribution >= 0.6 is 11.6 Å². The number of hydrogen-bond acceptors (Lipinski definition) is 2. The van der Waals surface area contributed by atoms with Gasteiger partial charge in [-0.1, -0.05) is 18.6 Å². The zero-order valence-corrected chi connectivity index (χ0v) is 12.5. The molecule has 0 aromatic heterocycles. The van der Waals surface area contributed by atoms with E-state index < -0.39 is 0 Å². The van der Waals surface area contributed by atoms with Crippen molar-refractivity contribution in [2.75, 3.05) is 26.1 Å². The van der Waals surface area contributed by atoms with Crippen LogP contribution in [0.4, 0.5) is 0 Å². The van der Waals surface area contributed by atoms with Gasteiger partial charge in [-0.25, -0.2) is 0 Å². The van der Waals surface area contributed by atoms with E-state index in [1.54, 1.807) is 7.11 Å². The zero-order valence-electron chi connectivity index (χ0n) is 11.8. The highest BCUT2D eigenvalue weighted by Crippen LogP contribution is 2.21. The molecule has 0 bridgehead atoms. The number of benzene rings is 1. The average molecular weight is 282 g/mol. The van der Waals surface area contributed by atoms with Crippen LogP contribution in [-0.4, -0.2) is 37.0 Å². The topological polar surface area (TPSA) is 12.5 Å². The maximum atomic E-state index is 5.91. The summed E-state index contributed by atoms with van der Waals surface area (Å²) in [6.07, 6.45) is 6.25. The second kappa shape index (κ2) is 7.76. The summed E-state index contributed by atoms with van der Waals surface area (Å²) in [6, 6.07) is 9.12. The Labute approximate surface area is 121 Å². The van der Waals surface area contributed by atoms with Crippen LogP contribution in [-0.2, 0) is 6.42 Å². The van der Waals surface area contributed by atoms with Crippen LogP contribution < -0.4 is 4.74 Å². The molecule has 0 saturated carbocycles. The monoisotopic (exact) mass is 281 g/mol. The molecule has 0 amide bonds. The van der Waals surface area contributed by atoms with Gasteiger partial charge in [0.2, 0.25) is 0 Å². The molecular weight excluding hydrogens is 258 g/mol. The van der Waals surface area contributed by atoms with Crippen LogP contribution in [0.5, 0.6) is 5.75 Å². The Morgan fingerprint density at radius 2 is 2.05 bits per heavy atom. The normalized spacial score (nSPS) is 20.4. The Kier molecular flexibility index (Phi) is 5.99. The van der Waals surface area contributed by atoms with Gasteiger partial charge in [-0.15, -0.1) is 11.6 Å². The molecule has 19 heavy (non-hydrogen) atoms. The maximum absolute atomic E-state index is 5.91. The van der Waals surface area contributed by atoms with Gasteiger partial charge in [0, 0.05) is 18.5 Å². The fourth-order valence-electron chi connectivity index (χ4n) is 2.87. The van der Waals surface area contributed by atoms with Gasteiger partial charge in [0.1, 0.15) is 5.75 Å². The largest absolute Gasteiger partial charge is 0.497 e. The fourth-order valence-corrected chi connectivity index (χ4v) is 3.12. The Morgan fingerprint density at radius 1 is 1.26 bits per heavy atom. The fraction of sp³-hybridized carbons (Fsp3) is 0.625. The molecule has 1 fully saturated rings. The van der Waals surface area contributed by atoms with Crippen LogP contribution in [0.15, 0.2) is 24.3 Å². The van der Waals surface area contributed by atoms with E-state index in [-0.39, 0.29) is 0 Å². The van der Waals surface area contributed by atoms with Crippen molar-refractivity contribution in [3.05, 3.63) is 29.8 Å². The molecule has 0 spiro atoms.